The Balaban J connectivity index is 1.15. The molecule has 0 saturated heterocycles. The van der Waals surface area contributed by atoms with Crippen LogP contribution in [-0.4, -0.2) is 23.0 Å². The van der Waals surface area contributed by atoms with E-state index >= 15 is 0 Å². The lowest BCUT2D eigenvalue weighted by molar-refractivity contribution is 0.668. The summed E-state index contributed by atoms with van der Waals surface area (Å²) in [4.78, 5) is 15.7. The van der Waals surface area contributed by atoms with Gasteiger partial charge in [0.1, 0.15) is 22.3 Å². The summed E-state index contributed by atoms with van der Waals surface area (Å²) in [5.74, 6) is 1.77. The highest BCUT2D eigenvalue weighted by atomic mass is 28.3. The molecule has 0 atom stereocenters. The SMILES string of the molecule is c1ccc([Si](c2ccccc2)(c2ccccc2)c2cccc(-c3nc(-c4ccc5oc6ccccc6c5c4)nc(-c4ccc5oc6ccccc6c5c4)n3)c2)cc1. The van der Waals surface area contributed by atoms with E-state index in [1.54, 1.807) is 0 Å². The summed E-state index contributed by atoms with van der Waals surface area (Å²) < 4.78 is 12.4. The first-order chi connectivity index (χ1) is 28.2. The van der Waals surface area contributed by atoms with Crippen LogP contribution in [0.1, 0.15) is 0 Å². The van der Waals surface area contributed by atoms with Crippen molar-refractivity contribution in [2.24, 2.45) is 0 Å². The highest BCUT2D eigenvalue weighted by Gasteiger charge is 2.41. The number of rotatable bonds is 7. The van der Waals surface area contributed by atoms with Gasteiger partial charge in [-0.15, -0.1) is 0 Å². The zero-order valence-electron chi connectivity index (χ0n) is 30.7. The number of fused-ring (bicyclic) bond motifs is 6. The Kier molecular flexibility index (Phi) is 7.76. The van der Waals surface area contributed by atoms with Crippen LogP contribution in [0.3, 0.4) is 0 Å². The van der Waals surface area contributed by atoms with Crippen molar-refractivity contribution in [2.75, 3.05) is 0 Å². The summed E-state index contributed by atoms with van der Waals surface area (Å²) in [7, 11) is -2.81. The molecule has 0 saturated carbocycles. The maximum atomic E-state index is 6.19. The first kappa shape index (κ1) is 33.0. The highest BCUT2D eigenvalue weighted by molar-refractivity contribution is 7.19. The normalized spacial score (nSPS) is 11.9. The van der Waals surface area contributed by atoms with Crippen LogP contribution in [0.25, 0.3) is 78.0 Å². The van der Waals surface area contributed by atoms with Gasteiger partial charge in [-0.1, -0.05) is 152 Å². The number of furan rings is 2. The lowest BCUT2D eigenvalue weighted by Crippen LogP contribution is -2.74. The van der Waals surface area contributed by atoms with Crippen molar-refractivity contribution in [2.45, 2.75) is 0 Å². The lowest BCUT2D eigenvalue weighted by atomic mass is 10.1. The lowest BCUT2D eigenvalue weighted by Gasteiger charge is -2.34. The Morgan fingerprint density at radius 2 is 0.649 bits per heavy atom. The third-order valence-electron chi connectivity index (χ3n) is 11.1. The van der Waals surface area contributed by atoms with Crippen LogP contribution < -0.4 is 20.7 Å². The molecule has 0 radical (unpaired) electrons. The Morgan fingerprint density at radius 1 is 0.281 bits per heavy atom. The highest BCUT2D eigenvalue weighted by Crippen LogP contribution is 2.35. The van der Waals surface area contributed by atoms with Crippen molar-refractivity contribution < 1.29 is 8.83 Å². The van der Waals surface area contributed by atoms with Crippen molar-refractivity contribution in [3.63, 3.8) is 0 Å². The molecule has 0 fully saturated rings. The molecule has 0 unspecified atom stereocenters. The molecule has 57 heavy (non-hydrogen) atoms. The standard InChI is InChI=1S/C51H33N3O2Si/c1-4-16-37(17-5-1)57(38-18-6-2-7-19-38,39-20-8-3-9-21-39)40-22-14-15-34(31-40)49-52-50(35-27-29-47-43(32-35)41-23-10-12-25-45(41)55-47)54-51(53-49)36-28-30-48-44(33-36)42-24-11-13-26-46(42)56-48/h1-33H. The molecule has 8 aromatic carbocycles. The van der Waals surface area contributed by atoms with Gasteiger partial charge < -0.3 is 8.83 Å². The molecule has 0 aliphatic rings. The minimum atomic E-state index is -2.81. The van der Waals surface area contributed by atoms with Crippen LogP contribution in [-0.2, 0) is 0 Å². The molecular weight excluding hydrogens is 715 g/mol. The van der Waals surface area contributed by atoms with Crippen molar-refractivity contribution in [1.82, 2.24) is 15.0 Å². The van der Waals surface area contributed by atoms with Gasteiger partial charge in [0.05, 0.1) is 0 Å². The van der Waals surface area contributed by atoms with Crippen molar-refractivity contribution in [3.05, 3.63) is 200 Å². The molecule has 11 rings (SSSR count). The topological polar surface area (TPSA) is 65.0 Å². The number of para-hydroxylation sites is 2. The predicted molar refractivity (Wildman–Crippen MR) is 234 cm³/mol. The fraction of sp³-hybridized carbons (Fsp3) is 0. The number of benzene rings is 8. The fourth-order valence-corrected chi connectivity index (χ4v) is 13.2. The van der Waals surface area contributed by atoms with E-state index in [1.807, 2.05) is 60.7 Å². The molecule has 5 nitrogen and oxygen atoms in total. The van der Waals surface area contributed by atoms with Crippen LogP contribution in [0.5, 0.6) is 0 Å². The monoisotopic (exact) mass is 747 g/mol. The molecular formula is C51H33N3O2Si. The van der Waals surface area contributed by atoms with E-state index in [1.165, 1.54) is 20.7 Å². The van der Waals surface area contributed by atoms with Gasteiger partial charge in [-0.2, -0.15) is 0 Å². The second-order valence-electron chi connectivity index (χ2n) is 14.4. The zero-order chi connectivity index (χ0) is 37.8. The van der Waals surface area contributed by atoms with Crippen LogP contribution in [0.2, 0.25) is 0 Å². The number of hydrogen-bond acceptors (Lipinski definition) is 5. The van der Waals surface area contributed by atoms with Gasteiger partial charge in [-0.05, 0) is 69.3 Å². The van der Waals surface area contributed by atoms with Crippen molar-refractivity contribution in [1.29, 1.82) is 0 Å². The summed E-state index contributed by atoms with van der Waals surface area (Å²) >= 11 is 0. The first-order valence-corrected chi connectivity index (χ1v) is 21.1. The van der Waals surface area contributed by atoms with E-state index in [2.05, 4.69) is 140 Å². The minimum absolute atomic E-state index is 0.586. The van der Waals surface area contributed by atoms with Crippen LogP contribution in [0, 0.1) is 0 Å². The van der Waals surface area contributed by atoms with E-state index in [-0.39, 0.29) is 0 Å². The van der Waals surface area contributed by atoms with E-state index in [0.29, 0.717) is 17.5 Å². The maximum absolute atomic E-state index is 6.19. The zero-order valence-corrected chi connectivity index (χ0v) is 31.7. The molecule has 11 aromatic rings. The molecule has 0 aliphatic heterocycles. The Morgan fingerprint density at radius 3 is 1.11 bits per heavy atom. The largest absolute Gasteiger partial charge is 0.456 e. The van der Waals surface area contributed by atoms with E-state index in [0.717, 1.165) is 60.6 Å². The maximum Gasteiger partial charge on any atom is 0.179 e. The number of nitrogens with zero attached hydrogens (tertiary/aromatic N) is 3. The van der Waals surface area contributed by atoms with E-state index < -0.39 is 8.07 Å². The fourth-order valence-electron chi connectivity index (χ4n) is 8.45. The minimum Gasteiger partial charge on any atom is -0.456 e. The summed E-state index contributed by atoms with van der Waals surface area (Å²) in [6.07, 6.45) is 0. The van der Waals surface area contributed by atoms with E-state index in [4.69, 9.17) is 23.8 Å². The molecule has 0 N–H and O–H groups in total. The summed E-state index contributed by atoms with van der Waals surface area (Å²) in [6.45, 7) is 0. The van der Waals surface area contributed by atoms with Gasteiger partial charge in [0, 0.05) is 38.2 Å². The van der Waals surface area contributed by atoms with Crippen LogP contribution in [0.15, 0.2) is 209 Å². The number of hydrogen-bond donors (Lipinski definition) is 0. The average molecular weight is 748 g/mol. The van der Waals surface area contributed by atoms with Gasteiger partial charge >= 0.3 is 0 Å². The second-order valence-corrected chi connectivity index (χ2v) is 18.2. The van der Waals surface area contributed by atoms with Crippen molar-refractivity contribution in [3.8, 4) is 34.2 Å². The summed E-state index contributed by atoms with van der Waals surface area (Å²) in [5, 5.41) is 9.29. The second kappa shape index (κ2) is 13.4. The molecule has 0 aliphatic carbocycles. The Bertz CT molecular complexity index is 3020. The summed E-state index contributed by atoms with van der Waals surface area (Å²) in [6, 6.07) is 70.3. The van der Waals surface area contributed by atoms with Gasteiger partial charge in [-0.25, -0.2) is 15.0 Å². The first-order valence-electron chi connectivity index (χ1n) is 19.1. The molecule has 0 bridgehead atoms. The third-order valence-corrected chi connectivity index (χ3v) is 15.9. The molecule has 3 aromatic heterocycles. The number of aromatic nitrogens is 3. The van der Waals surface area contributed by atoms with Gasteiger partial charge in [0.15, 0.2) is 25.5 Å². The molecule has 6 heteroatoms. The van der Waals surface area contributed by atoms with Gasteiger partial charge in [0.2, 0.25) is 0 Å². The molecule has 0 amide bonds. The predicted octanol–water partition coefficient (Wildman–Crippen LogP) is 10.0. The van der Waals surface area contributed by atoms with Gasteiger partial charge in [-0.3, -0.25) is 0 Å². The van der Waals surface area contributed by atoms with Crippen LogP contribution >= 0.6 is 0 Å². The molecule has 268 valence electrons. The smallest absolute Gasteiger partial charge is 0.179 e. The Labute approximate surface area is 329 Å². The van der Waals surface area contributed by atoms with Crippen molar-refractivity contribution >= 4 is 72.7 Å². The average Bonchev–Trinajstić information content (AvgIpc) is 3.85. The Hall–Kier alpha value is -7.41. The summed E-state index contributed by atoms with van der Waals surface area (Å²) in [5.41, 5.74) is 6.02. The molecule has 0 spiro atoms. The quantitative estimate of drug-likeness (QED) is 0.120. The van der Waals surface area contributed by atoms with Gasteiger partial charge in [0.25, 0.3) is 0 Å². The third kappa shape index (κ3) is 5.49. The molecule has 3 heterocycles. The van der Waals surface area contributed by atoms with Crippen LogP contribution in [0.4, 0.5) is 0 Å². The van der Waals surface area contributed by atoms with E-state index in [9.17, 15) is 0 Å².